The normalized spacial score (nSPS) is 13.7. The Hall–Kier alpha value is -2.71. The molecular formula is C18H15ClF2N4O2. The molecule has 1 aliphatic carbocycles. The minimum absolute atomic E-state index is 0.0258. The van der Waals surface area contributed by atoms with E-state index in [4.69, 9.17) is 16.4 Å². The third-order valence-electron chi connectivity index (χ3n) is 4.24. The number of hydroxylamine groups is 1. The summed E-state index contributed by atoms with van der Waals surface area (Å²) >= 11 is 6.40. The lowest BCUT2D eigenvalue weighted by molar-refractivity contribution is 0.0270. The Morgan fingerprint density at radius 1 is 1.37 bits per heavy atom. The molecule has 140 valence electrons. The van der Waals surface area contributed by atoms with Crippen molar-refractivity contribution >= 4 is 34.5 Å². The summed E-state index contributed by atoms with van der Waals surface area (Å²) in [5.74, 6) is -1.60. The number of rotatable bonds is 6. The van der Waals surface area contributed by atoms with Gasteiger partial charge in [-0.1, -0.05) is 11.6 Å². The summed E-state index contributed by atoms with van der Waals surface area (Å²) < 4.78 is 28.8. The summed E-state index contributed by atoms with van der Waals surface area (Å²) in [5.41, 5.74) is 3.02. The molecule has 0 aliphatic heterocycles. The van der Waals surface area contributed by atoms with Crippen LogP contribution in [-0.2, 0) is 4.84 Å². The van der Waals surface area contributed by atoms with E-state index in [-0.39, 0.29) is 22.0 Å². The minimum Gasteiger partial charge on any atom is -0.351 e. The van der Waals surface area contributed by atoms with Crippen molar-refractivity contribution in [1.82, 2.24) is 14.9 Å². The molecule has 0 spiro atoms. The van der Waals surface area contributed by atoms with Crippen molar-refractivity contribution in [3.8, 4) is 0 Å². The van der Waals surface area contributed by atoms with E-state index in [9.17, 15) is 13.6 Å². The summed E-state index contributed by atoms with van der Waals surface area (Å²) in [6, 6.07) is 3.07. The summed E-state index contributed by atoms with van der Waals surface area (Å²) in [6.45, 7) is 0.433. The Bertz CT molecular complexity index is 1020. The smallest absolute Gasteiger partial charge is 0.278 e. The maximum Gasteiger partial charge on any atom is 0.278 e. The highest BCUT2D eigenvalue weighted by molar-refractivity contribution is 6.37. The number of benzene rings is 1. The number of aromatic nitrogens is 2. The van der Waals surface area contributed by atoms with Crippen LogP contribution in [-0.4, -0.2) is 21.9 Å². The Morgan fingerprint density at radius 2 is 2.19 bits per heavy atom. The topological polar surface area (TPSA) is 67.7 Å². The van der Waals surface area contributed by atoms with Crippen LogP contribution in [0.5, 0.6) is 0 Å². The predicted molar refractivity (Wildman–Crippen MR) is 96.0 cm³/mol. The van der Waals surface area contributed by atoms with Gasteiger partial charge in [-0.3, -0.25) is 9.63 Å². The van der Waals surface area contributed by atoms with Gasteiger partial charge in [-0.25, -0.2) is 19.2 Å². The van der Waals surface area contributed by atoms with Crippen molar-refractivity contribution in [2.24, 2.45) is 5.92 Å². The van der Waals surface area contributed by atoms with Gasteiger partial charge in [0.1, 0.15) is 16.7 Å². The van der Waals surface area contributed by atoms with E-state index in [1.54, 1.807) is 10.6 Å². The number of nitrogens with zero attached hydrogens (tertiary/aromatic N) is 2. The molecule has 1 amide bonds. The number of amides is 1. The Morgan fingerprint density at radius 3 is 2.93 bits per heavy atom. The van der Waals surface area contributed by atoms with Crippen LogP contribution in [0.2, 0.25) is 5.02 Å². The fraction of sp³-hybridized carbons (Fsp3) is 0.222. The second kappa shape index (κ2) is 7.13. The van der Waals surface area contributed by atoms with E-state index >= 15 is 0 Å². The molecule has 4 rings (SSSR count). The number of anilines is 2. The van der Waals surface area contributed by atoms with Gasteiger partial charge >= 0.3 is 0 Å². The van der Waals surface area contributed by atoms with Gasteiger partial charge in [0.15, 0.2) is 5.65 Å². The highest BCUT2D eigenvalue weighted by Gasteiger charge is 2.23. The number of hydrogen-bond donors (Lipinski definition) is 2. The van der Waals surface area contributed by atoms with Gasteiger partial charge in [0.25, 0.3) is 5.91 Å². The number of nitrogens with one attached hydrogen (secondary N) is 2. The molecule has 2 N–H and O–H groups in total. The SMILES string of the molecule is O=C(NOCC1CC1)c1cn2ccnc2c(Cl)c1Nc1ccc(F)cc1F. The molecule has 2 aromatic heterocycles. The first-order valence-electron chi connectivity index (χ1n) is 8.32. The molecule has 0 saturated heterocycles. The quantitative estimate of drug-likeness (QED) is 0.620. The summed E-state index contributed by atoms with van der Waals surface area (Å²) in [6.07, 6.45) is 6.83. The molecule has 1 saturated carbocycles. The van der Waals surface area contributed by atoms with Crippen LogP contribution in [0.15, 0.2) is 36.8 Å². The maximum absolute atomic E-state index is 14.1. The number of pyridine rings is 1. The van der Waals surface area contributed by atoms with E-state index in [0.29, 0.717) is 18.2 Å². The van der Waals surface area contributed by atoms with Crippen molar-refractivity contribution < 1.29 is 18.4 Å². The Labute approximate surface area is 158 Å². The molecule has 27 heavy (non-hydrogen) atoms. The van der Waals surface area contributed by atoms with Gasteiger partial charge in [-0.05, 0) is 30.9 Å². The number of halogens is 3. The second-order valence-electron chi connectivity index (χ2n) is 6.32. The average molecular weight is 393 g/mol. The number of fused-ring (bicyclic) bond motifs is 1. The molecule has 1 fully saturated rings. The number of carbonyl (C=O) groups is 1. The molecule has 0 bridgehead atoms. The number of carbonyl (C=O) groups excluding carboxylic acids is 1. The zero-order chi connectivity index (χ0) is 19.0. The van der Waals surface area contributed by atoms with Gasteiger partial charge in [0, 0.05) is 24.7 Å². The van der Waals surface area contributed by atoms with E-state index < -0.39 is 17.5 Å². The lowest BCUT2D eigenvalue weighted by Crippen LogP contribution is -2.26. The van der Waals surface area contributed by atoms with Crippen molar-refractivity contribution in [2.75, 3.05) is 11.9 Å². The van der Waals surface area contributed by atoms with Crippen LogP contribution >= 0.6 is 11.6 Å². The van der Waals surface area contributed by atoms with Gasteiger partial charge in [0.2, 0.25) is 0 Å². The third-order valence-corrected chi connectivity index (χ3v) is 4.60. The Kier molecular flexibility index (Phi) is 4.67. The van der Waals surface area contributed by atoms with Gasteiger partial charge in [-0.2, -0.15) is 0 Å². The first-order valence-corrected chi connectivity index (χ1v) is 8.70. The zero-order valence-corrected chi connectivity index (χ0v) is 14.8. The molecule has 1 aliphatic rings. The number of hydrogen-bond acceptors (Lipinski definition) is 4. The van der Waals surface area contributed by atoms with Gasteiger partial charge in [-0.15, -0.1) is 0 Å². The lowest BCUT2D eigenvalue weighted by Gasteiger charge is -2.15. The van der Waals surface area contributed by atoms with Crippen LogP contribution in [0.3, 0.4) is 0 Å². The molecule has 3 aromatic rings. The minimum atomic E-state index is -0.814. The van der Waals surface area contributed by atoms with E-state index in [2.05, 4.69) is 15.8 Å². The molecule has 1 aromatic carbocycles. The van der Waals surface area contributed by atoms with Gasteiger partial charge in [0.05, 0.1) is 23.5 Å². The number of imidazole rings is 1. The van der Waals surface area contributed by atoms with Crippen LogP contribution in [0.1, 0.15) is 23.2 Å². The summed E-state index contributed by atoms with van der Waals surface area (Å²) in [4.78, 5) is 22.0. The standard InChI is InChI=1S/C18H15ClF2N4O2/c19-15-16(23-14-4-3-11(20)7-13(14)21)12(8-25-6-5-22-17(15)25)18(26)24-27-9-10-1-2-10/h3-8,10,23H,1-2,9H2,(H,24,26). The Balaban J connectivity index is 1.69. The summed E-state index contributed by atoms with van der Waals surface area (Å²) in [7, 11) is 0. The molecule has 0 unspecified atom stereocenters. The zero-order valence-electron chi connectivity index (χ0n) is 14.0. The maximum atomic E-state index is 14.1. The molecule has 0 atom stereocenters. The van der Waals surface area contributed by atoms with E-state index in [1.807, 2.05) is 0 Å². The third kappa shape index (κ3) is 3.72. The van der Waals surface area contributed by atoms with E-state index in [1.165, 1.54) is 18.5 Å². The fourth-order valence-electron chi connectivity index (χ4n) is 2.61. The molecule has 9 heteroatoms. The highest BCUT2D eigenvalue weighted by Crippen LogP contribution is 2.33. The van der Waals surface area contributed by atoms with Crippen molar-refractivity contribution in [3.05, 3.63) is 59.0 Å². The monoisotopic (exact) mass is 392 g/mol. The van der Waals surface area contributed by atoms with Gasteiger partial charge < -0.3 is 9.72 Å². The van der Waals surface area contributed by atoms with Crippen LogP contribution in [0.4, 0.5) is 20.2 Å². The second-order valence-corrected chi connectivity index (χ2v) is 6.70. The molecule has 2 heterocycles. The van der Waals surface area contributed by atoms with Crippen molar-refractivity contribution in [3.63, 3.8) is 0 Å². The van der Waals surface area contributed by atoms with Crippen molar-refractivity contribution in [1.29, 1.82) is 0 Å². The van der Waals surface area contributed by atoms with Crippen LogP contribution < -0.4 is 10.8 Å². The van der Waals surface area contributed by atoms with Crippen LogP contribution in [0, 0.1) is 17.6 Å². The predicted octanol–water partition coefficient (Wildman–Crippen LogP) is 4.08. The largest absolute Gasteiger partial charge is 0.351 e. The lowest BCUT2D eigenvalue weighted by atomic mass is 10.2. The van der Waals surface area contributed by atoms with E-state index in [0.717, 1.165) is 25.0 Å². The molecule has 6 nitrogen and oxygen atoms in total. The average Bonchev–Trinajstić information content (AvgIpc) is 3.33. The first kappa shape index (κ1) is 17.7. The van der Waals surface area contributed by atoms with Crippen LogP contribution in [0.25, 0.3) is 5.65 Å². The molecular weight excluding hydrogens is 378 g/mol. The van der Waals surface area contributed by atoms with Crippen molar-refractivity contribution in [2.45, 2.75) is 12.8 Å². The first-order chi connectivity index (χ1) is 13.0. The summed E-state index contributed by atoms with van der Waals surface area (Å²) in [5, 5.41) is 2.89. The highest BCUT2D eigenvalue weighted by atomic mass is 35.5. The molecule has 0 radical (unpaired) electrons. The fourth-order valence-corrected chi connectivity index (χ4v) is 2.90.